The minimum absolute atomic E-state index is 0.0757. The van der Waals surface area contributed by atoms with Crippen LogP contribution in [0, 0.1) is 17.2 Å². The molecule has 0 N–H and O–H groups in total. The summed E-state index contributed by atoms with van der Waals surface area (Å²) in [7, 11) is 0. The second-order valence-corrected chi connectivity index (χ2v) is 6.21. The van der Waals surface area contributed by atoms with E-state index in [4.69, 9.17) is 9.44 Å². The molecule has 112 valence electrons. The lowest BCUT2D eigenvalue weighted by Crippen LogP contribution is -2.22. The summed E-state index contributed by atoms with van der Waals surface area (Å²) in [6.07, 6.45) is 5.92. The first-order valence-electron chi connectivity index (χ1n) is 7.41. The lowest BCUT2D eigenvalue weighted by atomic mass is 9.86. The van der Waals surface area contributed by atoms with Crippen molar-refractivity contribution in [3.05, 3.63) is 36.0 Å². The zero-order chi connectivity index (χ0) is 15.4. The summed E-state index contributed by atoms with van der Waals surface area (Å²) < 4.78 is 5.36. The first kappa shape index (κ1) is 14.9. The van der Waals surface area contributed by atoms with Gasteiger partial charge in [-0.15, -0.1) is 0 Å². The molecule has 1 aliphatic rings. The molecule has 0 spiro atoms. The van der Waals surface area contributed by atoms with E-state index in [-0.39, 0.29) is 11.9 Å². The zero-order valence-electron chi connectivity index (χ0n) is 12.1. The van der Waals surface area contributed by atoms with E-state index < -0.39 is 0 Å². The van der Waals surface area contributed by atoms with Gasteiger partial charge in [0.1, 0.15) is 0 Å². The quantitative estimate of drug-likeness (QED) is 0.780. The number of aromatic nitrogens is 1. The minimum Gasteiger partial charge on any atom is -0.386 e. The maximum Gasteiger partial charge on any atom is 0.321 e. The molecule has 0 saturated heterocycles. The first-order chi connectivity index (χ1) is 10.8. The summed E-state index contributed by atoms with van der Waals surface area (Å²) in [5, 5.41) is 9.66. The van der Waals surface area contributed by atoms with Crippen LogP contribution in [0.1, 0.15) is 31.2 Å². The molecule has 22 heavy (non-hydrogen) atoms. The molecule has 1 heterocycles. The Morgan fingerprint density at radius 1 is 1.41 bits per heavy atom. The van der Waals surface area contributed by atoms with Crippen molar-refractivity contribution < 1.29 is 8.98 Å². The van der Waals surface area contributed by atoms with Crippen LogP contribution in [-0.4, -0.2) is 11.0 Å². The van der Waals surface area contributed by atoms with Crippen molar-refractivity contribution in [1.82, 2.24) is 4.98 Å². The molecule has 3 rings (SSSR count). The fraction of sp³-hybridized carbons (Fsp3) is 0.353. The van der Waals surface area contributed by atoms with E-state index >= 15 is 0 Å². The monoisotopic (exact) mass is 312 g/mol. The number of nitriles is 1. The van der Waals surface area contributed by atoms with Crippen molar-refractivity contribution >= 4 is 28.9 Å². The summed E-state index contributed by atoms with van der Waals surface area (Å²) in [4.78, 5) is 17.1. The average molecular weight is 312 g/mol. The van der Waals surface area contributed by atoms with Crippen LogP contribution >= 0.6 is 12.0 Å². The number of carbonyl (C=O) groups excluding carboxylic acids is 1. The number of aryl methyl sites for hydroxylation is 1. The van der Waals surface area contributed by atoms with Crippen LogP contribution in [0.15, 0.2) is 35.4 Å². The first-order valence-corrected chi connectivity index (χ1v) is 8.15. The highest BCUT2D eigenvalue weighted by atomic mass is 32.2. The molecule has 1 aromatic carbocycles. The number of hydrogen-bond acceptors (Lipinski definition) is 5. The normalized spacial score (nSPS) is 14.3. The third kappa shape index (κ3) is 3.23. The number of nitrogens with zero attached hydrogens (tertiary/aromatic N) is 2. The van der Waals surface area contributed by atoms with Gasteiger partial charge in [-0.25, -0.2) is 0 Å². The van der Waals surface area contributed by atoms with Crippen LogP contribution in [-0.2, 0) is 15.4 Å². The molecule has 0 unspecified atom stereocenters. The summed E-state index contributed by atoms with van der Waals surface area (Å²) in [6.45, 7) is 0. The van der Waals surface area contributed by atoms with E-state index in [1.54, 1.807) is 6.20 Å². The smallest absolute Gasteiger partial charge is 0.321 e. The third-order valence-corrected chi connectivity index (χ3v) is 4.73. The van der Waals surface area contributed by atoms with Crippen LogP contribution in [0.4, 0.5) is 0 Å². The highest BCUT2D eigenvalue weighted by Crippen LogP contribution is 2.33. The Balaban J connectivity index is 1.78. The molecule has 1 aromatic heterocycles. The number of carbonyl (C=O) groups is 1. The fourth-order valence-corrected chi connectivity index (χ4v) is 3.07. The Morgan fingerprint density at radius 2 is 2.27 bits per heavy atom. The topological polar surface area (TPSA) is 63.0 Å². The van der Waals surface area contributed by atoms with Gasteiger partial charge in [-0.3, -0.25) is 9.78 Å². The molecule has 4 nitrogen and oxygen atoms in total. The van der Waals surface area contributed by atoms with E-state index in [2.05, 4.69) is 11.1 Å². The highest BCUT2D eigenvalue weighted by molar-refractivity contribution is 7.95. The Morgan fingerprint density at radius 3 is 3.00 bits per heavy atom. The molecule has 0 aliphatic heterocycles. The van der Waals surface area contributed by atoms with Gasteiger partial charge >= 0.3 is 5.97 Å². The molecule has 1 fully saturated rings. The Hall–Kier alpha value is -2.06. The van der Waals surface area contributed by atoms with Crippen molar-refractivity contribution in [3.8, 4) is 6.07 Å². The second kappa shape index (κ2) is 6.80. The van der Waals surface area contributed by atoms with Gasteiger partial charge in [0.05, 0.1) is 34.4 Å². The van der Waals surface area contributed by atoms with E-state index in [0.717, 1.165) is 52.7 Å². The highest BCUT2D eigenvalue weighted by Gasteiger charge is 2.27. The van der Waals surface area contributed by atoms with Crippen molar-refractivity contribution in [3.63, 3.8) is 0 Å². The lowest BCUT2D eigenvalue weighted by Gasteiger charge is -2.22. The summed E-state index contributed by atoms with van der Waals surface area (Å²) >= 11 is 1.11. The second-order valence-electron chi connectivity index (χ2n) is 5.43. The fourth-order valence-electron chi connectivity index (χ4n) is 2.39. The summed E-state index contributed by atoms with van der Waals surface area (Å²) in [5.74, 6) is -0.0476. The van der Waals surface area contributed by atoms with Crippen molar-refractivity contribution in [2.75, 3.05) is 0 Å². The van der Waals surface area contributed by atoms with Gasteiger partial charge in [-0.2, -0.15) is 5.26 Å². The number of hydrogen-bond donors (Lipinski definition) is 0. The van der Waals surface area contributed by atoms with Crippen LogP contribution in [0.5, 0.6) is 0 Å². The van der Waals surface area contributed by atoms with E-state index in [0.29, 0.717) is 12.8 Å². The molecule has 5 heteroatoms. The van der Waals surface area contributed by atoms with Gasteiger partial charge in [0.2, 0.25) is 0 Å². The van der Waals surface area contributed by atoms with E-state index in [1.807, 2.05) is 24.3 Å². The number of fused-ring (bicyclic) bond motifs is 1. The molecule has 1 saturated carbocycles. The summed E-state index contributed by atoms with van der Waals surface area (Å²) in [5.41, 5.74) is 1.96. The van der Waals surface area contributed by atoms with Crippen LogP contribution in [0.2, 0.25) is 0 Å². The van der Waals surface area contributed by atoms with Gasteiger partial charge < -0.3 is 4.18 Å². The molecular weight excluding hydrogens is 296 g/mol. The zero-order valence-corrected chi connectivity index (χ0v) is 12.9. The molecule has 0 amide bonds. The molecule has 2 aromatic rings. The average Bonchev–Trinajstić information content (AvgIpc) is 2.49. The Kier molecular flexibility index (Phi) is 4.59. The lowest BCUT2D eigenvalue weighted by molar-refractivity contribution is -0.140. The summed E-state index contributed by atoms with van der Waals surface area (Å²) in [6, 6.07) is 9.97. The number of pyridine rings is 1. The Labute approximate surface area is 133 Å². The van der Waals surface area contributed by atoms with Gasteiger partial charge in [0.15, 0.2) is 0 Å². The maximum atomic E-state index is 11.8. The van der Waals surface area contributed by atoms with Crippen molar-refractivity contribution in [2.45, 2.75) is 37.0 Å². The van der Waals surface area contributed by atoms with Crippen molar-refractivity contribution in [1.29, 1.82) is 5.26 Å². The molecule has 1 aliphatic carbocycles. The van der Waals surface area contributed by atoms with Gasteiger partial charge in [-0.05, 0) is 43.0 Å². The van der Waals surface area contributed by atoms with Gasteiger partial charge in [0.25, 0.3) is 0 Å². The Bertz CT molecular complexity index is 735. The molecule has 0 bridgehead atoms. The largest absolute Gasteiger partial charge is 0.386 e. The molecule has 0 radical (unpaired) electrons. The van der Waals surface area contributed by atoms with Crippen LogP contribution < -0.4 is 0 Å². The maximum absolute atomic E-state index is 11.8. The number of rotatable bonds is 5. The predicted octanol–water partition coefficient (Wildman–Crippen LogP) is 4.04. The molecular formula is C17H16N2O2S. The third-order valence-electron chi connectivity index (χ3n) is 3.94. The van der Waals surface area contributed by atoms with E-state index in [1.165, 1.54) is 0 Å². The number of benzene rings is 1. The van der Waals surface area contributed by atoms with Crippen LogP contribution in [0.25, 0.3) is 10.9 Å². The SMILES string of the molecule is N#CCCc1ccc2nccc(SOC(=O)C3CCC3)c2c1. The minimum atomic E-state index is -0.123. The van der Waals surface area contributed by atoms with Crippen LogP contribution in [0.3, 0.4) is 0 Å². The van der Waals surface area contributed by atoms with Gasteiger partial charge in [-0.1, -0.05) is 12.5 Å². The molecule has 0 atom stereocenters. The van der Waals surface area contributed by atoms with Crippen molar-refractivity contribution in [2.24, 2.45) is 5.92 Å². The standard InChI is InChI=1S/C17H16N2O2S/c18-9-2-3-12-6-7-15-14(11-12)16(8-10-19-15)22-21-17(20)13-4-1-5-13/h6-8,10-11,13H,1-5H2. The van der Waals surface area contributed by atoms with E-state index in [9.17, 15) is 4.79 Å². The predicted molar refractivity (Wildman–Crippen MR) is 85.0 cm³/mol. The van der Waals surface area contributed by atoms with Gasteiger partial charge in [0, 0.05) is 18.0 Å².